The fourth-order valence-electron chi connectivity index (χ4n) is 0. The molecular formula is C2H4Na4O. The Balaban J connectivity index is -0.00000000333. The molecule has 7 heavy (non-hydrogen) atoms. The van der Waals surface area contributed by atoms with Crippen LogP contribution < -0.4 is 0 Å². The summed E-state index contributed by atoms with van der Waals surface area (Å²) in [6, 6.07) is 0. The first-order valence-corrected chi connectivity index (χ1v) is 0.666. The van der Waals surface area contributed by atoms with Gasteiger partial charge in [-0.1, -0.05) is 6.58 Å². The Morgan fingerprint density at radius 2 is 1.00 bits per heavy atom. The van der Waals surface area contributed by atoms with Gasteiger partial charge >= 0.3 is 0 Å². The second-order valence-electron chi connectivity index (χ2n) is 0.183. The third-order valence-corrected chi connectivity index (χ3v) is 0. The van der Waals surface area contributed by atoms with Crippen molar-refractivity contribution in [3.63, 3.8) is 0 Å². The van der Waals surface area contributed by atoms with Crippen molar-refractivity contribution in [2.24, 2.45) is 0 Å². The van der Waals surface area contributed by atoms with Crippen molar-refractivity contribution < 1.29 is 5.11 Å². The molecule has 0 spiro atoms. The van der Waals surface area contributed by atoms with E-state index >= 15 is 0 Å². The molecule has 0 aromatic rings. The third-order valence-electron chi connectivity index (χ3n) is 0. The molecule has 0 amide bonds. The van der Waals surface area contributed by atoms with Crippen LogP contribution in [0.1, 0.15) is 0 Å². The van der Waals surface area contributed by atoms with Crippen LogP contribution in [0.15, 0.2) is 12.8 Å². The van der Waals surface area contributed by atoms with Gasteiger partial charge in [0.2, 0.25) is 0 Å². The molecule has 0 unspecified atom stereocenters. The molecule has 0 atom stereocenters. The fourth-order valence-corrected chi connectivity index (χ4v) is 0. The van der Waals surface area contributed by atoms with E-state index in [0.717, 1.165) is 6.26 Å². The molecule has 1 N–H and O–H groups in total. The van der Waals surface area contributed by atoms with Gasteiger partial charge in [0.05, 0.1) is 6.26 Å². The average molecular weight is 136 g/mol. The SMILES string of the molecule is C=CO.[Na].[Na].[Na].[Na]. The van der Waals surface area contributed by atoms with Crippen molar-refractivity contribution >= 4 is 118 Å². The predicted molar refractivity (Wildman–Crippen MR) is 35.8 cm³/mol. The van der Waals surface area contributed by atoms with E-state index in [2.05, 4.69) is 6.58 Å². The Bertz CT molecular complexity index is 17.2. The van der Waals surface area contributed by atoms with Crippen LogP contribution >= 0.6 is 0 Å². The maximum atomic E-state index is 7.33. The van der Waals surface area contributed by atoms with Gasteiger partial charge in [0, 0.05) is 118 Å². The molecule has 22 valence electrons. The zero-order valence-electron chi connectivity index (χ0n) is 5.73. The van der Waals surface area contributed by atoms with Gasteiger partial charge < -0.3 is 5.11 Å². The van der Waals surface area contributed by atoms with Gasteiger partial charge in [0.15, 0.2) is 0 Å². The zero-order valence-corrected chi connectivity index (χ0v) is 13.7. The maximum absolute atomic E-state index is 7.33. The molecule has 0 fully saturated rings. The summed E-state index contributed by atoms with van der Waals surface area (Å²) in [5.74, 6) is 0. The van der Waals surface area contributed by atoms with Gasteiger partial charge in [-0.3, -0.25) is 0 Å². The van der Waals surface area contributed by atoms with E-state index in [1.807, 2.05) is 0 Å². The van der Waals surface area contributed by atoms with Crippen molar-refractivity contribution in [2.75, 3.05) is 0 Å². The summed E-state index contributed by atoms with van der Waals surface area (Å²) in [6.07, 6.45) is 0.750. The molecule has 0 aliphatic carbocycles. The molecule has 0 saturated carbocycles. The van der Waals surface area contributed by atoms with E-state index in [1.54, 1.807) is 0 Å². The molecule has 0 aliphatic heterocycles. The summed E-state index contributed by atoms with van der Waals surface area (Å²) in [7, 11) is 0. The van der Waals surface area contributed by atoms with Gasteiger partial charge in [0.25, 0.3) is 0 Å². The van der Waals surface area contributed by atoms with Crippen LogP contribution in [0.2, 0.25) is 0 Å². The van der Waals surface area contributed by atoms with Gasteiger partial charge in [-0.25, -0.2) is 0 Å². The molecule has 0 rings (SSSR count). The standard InChI is InChI=1S/C2H4O.4Na/c1-2-3;;;;/h2-3H,1H2;;;;. The number of aliphatic hydroxyl groups excluding tert-OH is 1. The number of aliphatic hydroxyl groups is 1. The minimum Gasteiger partial charge on any atom is -0.516 e. The van der Waals surface area contributed by atoms with Crippen LogP contribution in [0.4, 0.5) is 0 Å². The Labute approximate surface area is 133 Å². The van der Waals surface area contributed by atoms with Gasteiger partial charge in [-0.05, 0) is 0 Å². The summed E-state index contributed by atoms with van der Waals surface area (Å²) in [6.45, 7) is 2.92. The maximum Gasteiger partial charge on any atom is 0.0719 e. The van der Waals surface area contributed by atoms with Crippen molar-refractivity contribution in [2.45, 2.75) is 0 Å². The van der Waals surface area contributed by atoms with Crippen molar-refractivity contribution in [1.29, 1.82) is 0 Å². The van der Waals surface area contributed by atoms with E-state index in [4.69, 9.17) is 5.11 Å². The predicted octanol–water partition coefficient (Wildman–Crippen LogP) is -0.835. The third kappa shape index (κ3) is 43.3. The first-order valence-electron chi connectivity index (χ1n) is 0.666. The normalized spacial score (nSPS) is 1.71. The van der Waals surface area contributed by atoms with Crippen LogP contribution in [-0.4, -0.2) is 123 Å². The Morgan fingerprint density at radius 3 is 1.00 bits per heavy atom. The van der Waals surface area contributed by atoms with E-state index < -0.39 is 0 Å². The molecular weight excluding hydrogens is 132 g/mol. The quantitative estimate of drug-likeness (QED) is 0.340. The largest absolute Gasteiger partial charge is 0.516 e. The molecule has 0 aromatic heterocycles. The minimum absolute atomic E-state index is 0. The van der Waals surface area contributed by atoms with E-state index in [-0.39, 0.29) is 118 Å². The average Bonchev–Trinajstić information content (AvgIpc) is 0.918. The molecule has 4 radical (unpaired) electrons. The minimum atomic E-state index is 0. The topological polar surface area (TPSA) is 20.2 Å². The molecule has 0 heterocycles. The Morgan fingerprint density at radius 1 is 1.00 bits per heavy atom. The summed E-state index contributed by atoms with van der Waals surface area (Å²) in [4.78, 5) is 0. The van der Waals surface area contributed by atoms with Crippen LogP contribution in [0, 0.1) is 0 Å². The summed E-state index contributed by atoms with van der Waals surface area (Å²) < 4.78 is 0. The molecule has 0 bridgehead atoms. The molecule has 0 aromatic carbocycles. The number of rotatable bonds is 0. The number of hydrogen-bond acceptors (Lipinski definition) is 1. The fraction of sp³-hybridized carbons (Fsp3) is 0. The van der Waals surface area contributed by atoms with E-state index in [1.165, 1.54) is 0 Å². The summed E-state index contributed by atoms with van der Waals surface area (Å²) in [5.41, 5.74) is 0. The van der Waals surface area contributed by atoms with E-state index in [0.29, 0.717) is 0 Å². The van der Waals surface area contributed by atoms with Gasteiger partial charge in [-0.2, -0.15) is 0 Å². The molecule has 5 heteroatoms. The van der Waals surface area contributed by atoms with Crippen molar-refractivity contribution in [1.82, 2.24) is 0 Å². The Hall–Kier alpha value is 3.54. The second kappa shape index (κ2) is 33.8. The van der Waals surface area contributed by atoms with Crippen LogP contribution in [0.25, 0.3) is 0 Å². The second-order valence-corrected chi connectivity index (χ2v) is 0.183. The van der Waals surface area contributed by atoms with Gasteiger partial charge in [-0.15, -0.1) is 0 Å². The zero-order chi connectivity index (χ0) is 2.71. The van der Waals surface area contributed by atoms with E-state index in [9.17, 15) is 0 Å². The first kappa shape index (κ1) is 31.3. The van der Waals surface area contributed by atoms with Crippen molar-refractivity contribution in [3.8, 4) is 0 Å². The van der Waals surface area contributed by atoms with Crippen LogP contribution in [-0.2, 0) is 0 Å². The van der Waals surface area contributed by atoms with Crippen LogP contribution in [0.3, 0.4) is 0 Å². The van der Waals surface area contributed by atoms with Crippen LogP contribution in [0.5, 0.6) is 0 Å². The monoisotopic (exact) mass is 136 g/mol. The number of hydrogen-bond donors (Lipinski definition) is 1. The van der Waals surface area contributed by atoms with Gasteiger partial charge in [0.1, 0.15) is 0 Å². The van der Waals surface area contributed by atoms with Crippen molar-refractivity contribution in [3.05, 3.63) is 12.8 Å². The Kier molecular flexibility index (Phi) is 151. The molecule has 1 nitrogen and oxygen atoms in total. The smallest absolute Gasteiger partial charge is 0.0719 e. The first-order chi connectivity index (χ1) is 1.41. The summed E-state index contributed by atoms with van der Waals surface area (Å²) >= 11 is 0. The summed E-state index contributed by atoms with van der Waals surface area (Å²) in [5, 5.41) is 7.33. The molecule has 0 aliphatic rings. The molecule has 0 saturated heterocycles.